The zero-order valence-electron chi connectivity index (χ0n) is 20.2. The van der Waals surface area contributed by atoms with Crippen LogP contribution in [-0.2, 0) is 16.0 Å². The number of benzene rings is 1. The lowest BCUT2D eigenvalue weighted by atomic mass is 9.90. The van der Waals surface area contributed by atoms with Crippen molar-refractivity contribution in [3.63, 3.8) is 0 Å². The fourth-order valence-electron chi connectivity index (χ4n) is 5.49. The number of carbonyl (C=O) groups is 2. The Labute approximate surface area is 203 Å². The Morgan fingerprint density at radius 1 is 1.12 bits per heavy atom. The molecule has 0 N–H and O–H groups in total. The third kappa shape index (κ3) is 5.68. The van der Waals surface area contributed by atoms with Crippen molar-refractivity contribution in [2.45, 2.75) is 77.7 Å². The first-order valence-corrected chi connectivity index (χ1v) is 13.7. The number of nitrogens with zero attached hydrogens (tertiary/aromatic N) is 2. The lowest BCUT2D eigenvalue weighted by Crippen LogP contribution is -2.47. The number of thiophene rings is 1. The molecule has 4 rings (SSSR count). The molecule has 4 nitrogen and oxygen atoms in total. The predicted molar refractivity (Wildman–Crippen MR) is 135 cm³/mol. The van der Waals surface area contributed by atoms with Gasteiger partial charge in [0.2, 0.25) is 11.8 Å². The quantitative estimate of drug-likeness (QED) is 0.446. The van der Waals surface area contributed by atoms with Crippen molar-refractivity contribution in [1.82, 2.24) is 9.80 Å². The van der Waals surface area contributed by atoms with Gasteiger partial charge in [0.1, 0.15) is 0 Å². The lowest BCUT2D eigenvalue weighted by molar-refractivity contribution is -0.142. The second kappa shape index (κ2) is 11.3. The van der Waals surface area contributed by atoms with E-state index in [0.29, 0.717) is 25.4 Å². The van der Waals surface area contributed by atoms with Crippen LogP contribution in [0.2, 0.25) is 0 Å². The minimum Gasteiger partial charge on any atom is -0.333 e. The van der Waals surface area contributed by atoms with E-state index in [2.05, 4.69) is 49.6 Å². The summed E-state index contributed by atoms with van der Waals surface area (Å²) in [7, 11) is 0. The summed E-state index contributed by atoms with van der Waals surface area (Å²) in [5.74, 6) is 0.928. The number of aryl methyl sites for hydroxylation is 1. The van der Waals surface area contributed by atoms with Crippen molar-refractivity contribution in [3.8, 4) is 0 Å². The maximum atomic E-state index is 13.7. The van der Waals surface area contributed by atoms with Crippen LogP contribution in [-0.4, -0.2) is 41.2 Å². The molecular weight excluding hydrogens is 428 g/mol. The summed E-state index contributed by atoms with van der Waals surface area (Å²) in [6, 6.07) is 10.5. The summed E-state index contributed by atoms with van der Waals surface area (Å²) in [5, 5.41) is 2.14. The molecule has 0 bridgehead atoms. The molecule has 1 fully saturated rings. The third-order valence-electron chi connectivity index (χ3n) is 7.47. The predicted octanol–water partition coefficient (Wildman–Crippen LogP) is 6.13. The van der Waals surface area contributed by atoms with Crippen LogP contribution in [0.3, 0.4) is 0 Å². The van der Waals surface area contributed by atoms with Crippen LogP contribution in [0.4, 0.5) is 0 Å². The second-order valence-electron chi connectivity index (χ2n) is 9.75. The van der Waals surface area contributed by atoms with Gasteiger partial charge in [-0.2, -0.15) is 0 Å². The molecule has 1 aromatic carbocycles. The molecular formula is C28H38N2O2S. The van der Waals surface area contributed by atoms with Crippen molar-refractivity contribution in [2.24, 2.45) is 5.92 Å². The number of rotatable bonds is 9. The van der Waals surface area contributed by atoms with Gasteiger partial charge in [-0.3, -0.25) is 9.59 Å². The van der Waals surface area contributed by atoms with Gasteiger partial charge in [0, 0.05) is 24.4 Å². The van der Waals surface area contributed by atoms with Crippen molar-refractivity contribution in [3.05, 3.63) is 57.3 Å². The van der Waals surface area contributed by atoms with E-state index < -0.39 is 0 Å². The average Bonchev–Trinajstić information content (AvgIpc) is 3.52. The average molecular weight is 467 g/mol. The van der Waals surface area contributed by atoms with Crippen LogP contribution in [0.1, 0.15) is 85.9 Å². The first kappa shape index (κ1) is 24.0. The minimum atomic E-state index is -0.0599. The Bertz CT molecular complexity index is 947. The number of unbranched alkanes of at least 4 members (excludes halogenated alkanes) is 1. The van der Waals surface area contributed by atoms with E-state index in [4.69, 9.17) is 0 Å². The Morgan fingerprint density at radius 2 is 1.91 bits per heavy atom. The highest BCUT2D eigenvalue weighted by molar-refractivity contribution is 7.10. The highest BCUT2D eigenvalue weighted by atomic mass is 32.1. The van der Waals surface area contributed by atoms with Gasteiger partial charge in [-0.25, -0.2) is 0 Å². The molecule has 2 aromatic rings. The SMILES string of the molecule is CCCCN(CC(=O)N1CCc2sccc2C1c1ccccc1C)C(=O)CCC1CCCC1. The largest absolute Gasteiger partial charge is 0.333 e. The van der Waals surface area contributed by atoms with Gasteiger partial charge in [0.05, 0.1) is 12.6 Å². The van der Waals surface area contributed by atoms with Gasteiger partial charge in [0.25, 0.3) is 0 Å². The topological polar surface area (TPSA) is 40.6 Å². The first-order chi connectivity index (χ1) is 16.1. The van der Waals surface area contributed by atoms with Gasteiger partial charge < -0.3 is 9.80 Å². The summed E-state index contributed by atoms with van der Waals surface area (Å²) in [5.41, 5.74) is 3.65. The number of carbonyl (C=O) groups excluding carboxylic acids is 2. The molecule has 2 aliphatic rings. The third-order valence-corrected chi connectivity index (χ3v) is 8.47. The van der Waals surface area contributed by atoms with Gasteiger partial charge >= 0.3 is 0 Å². The number of amides is 2. The zero-order valence-corrected chi connectivity index (χ0v) is 21.0. The molecule has 1 aliphatic carbocycles. The molecule has 33 heavy (non-hydrogen) atoms. The summed E-state index contributed by atoms with van der Waals surface area (Å²) in [4.78, 5) is 32.1. The van der Waals surface area contributed by atoms with E-state index in [-0.39, 0.29) is 24.4 Å². The van der Waals surface area contributed by atoms with Gasteiger partial charge in [-0.1, -0.05) is 63.3 Å². The van der Waals surface area contributed by atoms with Crippen LogP contribution in [0, 0.1) is 12.8 Å². The summed E-state index contributed by atoms with van der Waals surface area (Å²) < 4.78 is 0. The van der Waals surface area contributed by atoms with Crippen LogP contribution < -0.4 is 0 Å². The van der Waals surface area contributed by atoms with E-state index in [9.17, 15) is 9.59 Å². The van der Waals surface area contributed by atoms with Crippen molar-refractivity contribution in [2.75, 3.05) is 19.6 Å². The summed E-state index contributed by atoms with van der Waals surface area (Å²) in [6.07, 6.45) is 9.54. The molecule has 2 amide bonds. The maximum absolute atomic E-state index is 13.7. The Hall–Kier alpha value is -2.14. The van der Waals surface area contributed by atoms with E-state index >= 15 is 0 Å². The van der Waals surface area contributed by atoms with Gasteiger partial charge in [-0.05, 0) is 60.2 Å². The summed E-state index contributed by atoms with van der Waals surface area (Å²) in [6.45, 7) is 5.85. The van der Waals surface area contributed by atoms with Crippen LogP contribution in [0.25, 0.3) is 0 Å². The maximum Gasteiger partial charge on any atom is 0.242 e. The monoisotopic (exact) mass is 466 g/mol. The fraction of sp³-hybridized carbons (Fsp3) is 0.571. The zero-order chi connectivity index (χ0) is 23.2. The molecule has 5 heteroatoms. The van der Waals surface area contributed by atoms with Crippen LogP contribution in [0.15, 0.2) is 35.7 Å². The number of hydrogen-bond donors (Lipinski definition) is 0. The van der Waals surface area contributed by atoms with Crippen molar-refractivity contribution >= 4 is 23.2 Å². The molecule has 1 saturated carbocycles. The molecule has 0 radical (unpaired) electrons. The number of fused-ring (bicyclic) bond motifs is 1. The van der Waals surface area contributed by atoms with Crippen LogP contribution in [0.5, 0.6) is 0 Å². The lowest BCUT2D eigenvalue weighted by Gasteiger charge is -2.38. The molecule has 178 valence electrons. The first-order valence-electron chi connectivity index (χ1n) is 12.8. The Kier molecular flexibility index (Phi) is 8.24. The van der Waals surface area contributed by atoms with Gasteiger partial charge in [0.15, 0.2) is 0 Å². The molecule has 0 spiro atoms. The Morgan fingerprint density at radius 3 is 2.67 bits per heavy atom. The normalized spacial score (nSPS) is 18.4. The second-order valence-corrected chi connectivity index (χ2v) is 10.8. The molecule has 0 saturated heterocycles. The minimum absolute atomic E-state index is 0.0599. The van der Waals surface area contributed by atoms with Crippen molar-refractivity contribution in [1.29, 1.82) is 0 Å². The van der Waals surface area contributed by atoms with Gasteiger partial charge in [-0.15, -0.1) is 11.3 Å². The van der Waals surface area contributed by atoms with E-state index in [1.165, 1.54) is 47.3 Å². The van der Waals surface area contributed by atoms with Crippen molar-refractivity contribution < 1.29 is 9.59 Å². The van der Waals surface area contributed by atoms with E-state index in [1.807, 2.05) is 9.80 Å². The number of hydrogen-bond acceptors (Lipinski definition) is 3. The smallest absolute Gasteiger partial charge is 0.242 e. The van der Waals surface area contributed by atoms with E-state index in [1.54, 1.807) is 11.3 Å². The summed E-state index contributed by atoms with van der Waals surface area (Å²) >= 11 is 1.79. The molecule has 1 aliphatic heterocycles. The molecule has 2 heterocycles. The molecule has 1 atom stereocenters. The van der Waals surface area contributed by atoms with Crippen LogP contribution >= 0.6 is 11.3 Å². The molecule has 1 unspecified atom stereocenters. The molecule has 1 aromatic heterocycles. The highest BCUT2D eigenvalue weighted by Gasteiger charge is 2.34. The Balaban J connectivity index is 1.51. The standard InChI is InChI=1S/C28H38N2O2S/c1-3-4-17-29(26(31)14-13-22-10-6-7-11-22)20-27(32)30-18-15-25-24(16-19-33-25)28(30)23-12-8-5-9-21(23)2/h5,8-9,12,16,19,22,28H,3-4,6-7,10-11,13-15,17-18,20H2,1-2H3. The fourth-order valence-corrected chi connectivity index (χ4v) is 6.40. The highest BCUT2D eigenvalue weighted by Crippen LogP contribution is 2.39. The van der Waals surface area contributed by atoms with E-state index in [0.717, 1.165) is 25.7 Å².